The number of carbonyl (C=O) groups is 1. The molecule has 0 aliphatic rings. The van der Waals surface area contributed by atoms with Crippen LogP contribution in [0.4, 0.5) is 13.2 Å². The molecule has 3 aromatic carbocycles. The van der Waals surface area contributed by atoms with E-state index in [1.165, 1.54) is 0 Å². The van der Waals surface area contributed by atoms with Gasteiger partial charge in [-0.25, -0.2) is 0 Å². The number of aliphatic hydroxyl groups excluding tert-OH is 1. The summed E-state index contributed by atoms with van der Waals surface area (Å²) in [6.45, 7) is 0. The molecule has 0 unspecified atom stereocenters. The molecule has 0 saturated heterocycles. The number of hydrogen-bond acceptors (Lipinski definition) is 4. The van der Waals surface area contributed by atoms with Crippen LogP contribution in [0.5, 0.6) is 5.75 Å². The SMILES string of the molecule is N#C/C(C(=O)NOc1ccc(C(F)(F)F)cc1)=C(\O)C(c1ccccc1)c1ccccc1. The van der Waals surface area contributed by atoms with E-state index in [1.54, 1.807) is 66.7 Å². The molecular formula is C24H17F3N2O3. The molecule has 0 bridgehead atoms. The van der Waals surface area contributed by atoms with E-state index in [2.05, 4.69) is 0 Å². The molecule has 0 aliphatic heterocycles. The van der Waals surface area contributed by atoms with Gasteiger partial charge in [0.15, 0.2) is 11.3 Å². The van der Waals surface area contributed by atoms with Crippen molar-refractivity contribution < 1.29 is 27.9 Å². The summed E-state index contributed by atoms with van der Waals surface area (Å²) in [5.74, 6) is -2.39. The summed E-state index contributed by atoms with van der Waals surface area (Å²) >= 11 is 0. The molecule has 0 heterocycles. The van der Waals surface area contributed by atoms with Crippen molar-refractivity contribution in [3.8, 4) is 11.8 Å². The van der Waals surface area contributed by atoms with Crippen LogP contribution in [0.2, 0.25) is 0 Å². The Hall–Kier alpha value is -4.25. The number of rotatable bonds is 6. The van der Waals surface area contributed by atoms with Gasteiger partial charge in [-0.1, -0.05) is 60.7 Å². The van der Waals surface area contributed by atoms with Crippen molar-refractivity contribution in [2.75, 3.05) is 0 Å². The predicted octanol–water partition coefficient (Wildman–Crippen LogP) is 5.28. The number of halogens is 3. The van der Waals surface area contributed by atoms with Crippen molar-refractivity contribution in [1.29, 1.82) is 5.26 Å². The molecule has 8 heteroatoms. The largest absolute Gasteiger partial charge is 0.510 e. The Balaban J connectivity index is 1.86. The minimum atomic E-state index is -4.51. The fraction of sp³-hybridized carbons (Fsp3) is 0.0833. The number of hydroxylamine groups is 1. The monoisotopic (exact) mass is 438 g/mol. The summed E-state index contributed by atoms with van der Waals surface area (Å²) in [5, 5.41) is 20.4. The van der Waals surface area contributed by atoms with Crippen LogP contribution in [-0.4, -0.2) is 11.0 Å². The van der Waals surface area contributed by atoms with Gasteiger partial charge in [0.25, 0.3) is 5.91 Å². The first-order chi connectivity index (χ1) is 15.3. The molecule has 5 nitrogen and oxygen atoms in total. The highest BCUT2D eigenvalue weighted by atomic mass is 19.4. The van der Waals surface area contributed by atoms with E-state index in [0.29, 0.717) is 11.1 Å². The molecule has 3 rings (SSSR count). The fourth-order valence-corrected chi connectivity index (χ4v) is 3.04. The minimum Gasteiger partial charge on any atom is -0.510 e. The Morgan fingerprint density at radius 1 is 0.906 bits per heavy atom. The molecule has 162 valence electrons. The normalized spacial score (nSPS) is 12.0. The fourth-order valence-electron chi connectivity index (χ4n) is 3.04. The summed E-state index contributed by atoms with van der Waals surface area (Å²) in [5.41, 5.74) is 1.83. The van der Waals surface area contributed by atoms with Gasteiger partial charge in [0, 0.05) is 0 Å². The van der Waals surface area contributed by atoms with Crippen molar-refractivity contribution in [1.82, 2.24) is 5.48 Å². The first-order valence-corrected chi connectivity index (χ1v) is 9.39. The summed E-state index contributed by atoms with van der Waals surface area (Å²) in [6.07, 6.45) is -4.51. The Morgan fingerprint density at radius 3 is 1.84 bits per heavy atom. The third kappa shape index (κ3) is 5.26. The zero-order valence-corrected chi connectivity index (χ0v) is 16.5. The number of nitriles is 1. The van der Waals surface area contributed by atoms with Crippen LogP contribution in [0, 0.1) is 11.3 Å². The smallest absolute Gasteiger partial charge is 0.416 e. The van der Waals surface area contributed by atoms with Crippen molar-refractivity contribution in [2.45, 2.75) is 12.1 Å². The number of nitrogens with zero attached hydrogens (tertiary/aromatic N) is 1. The highest BCUT2D eigenvalue weighted by Crippen LogP contribution is 2.32. The Morgan fingerprint density at radius 2 is 1.41 bits per heavy atom. The van der Waals surface area contributed by atoms with E-state index in [0.717, 1.165) is 24.3 Å². The number of carbonyl (C=O) groups excluding carboxylic acids is 1. The lowest BCUT2D eigenvalue weighted by atomic mass is 9.87. The van der Waals surface area contributed by atoms with Gasteiger partial charge in [0.1, 0.15) is 11.8 Å². The number of benzene rings is 3. The zero-order valence-electron chi connectivity index (χ0n) is 16.5. The van der Waals surface area contributed by atoms with E-state index in [4.69, 9.17) is 4.84 Å². The summed E-state index contributed by atoms with van der Waals surface area (Å²) < 4.78 is 37.9. The molecule has 2 N–H and O–H groups in total. The Kier molecular flexibility index (Phi) is 6.80. The standard InChI is InChI=1S/C24H17F3N2O3/c25-24(26,27)18-11-13-19(14-12-18)32-29-23(31)20(15-28)22(30)21(16-7-3-1-4-8-16)17-9-5-2-6-10-17/h1-14,21,30H,(H,29,31)/b22-20+. The Labute approximate surface area is 182 Å². The molecule has 0 radical (unpaired) electrons. The van der Waals surface area contributed by atoms with Gasteiger partial charge in [0.2, 0.25) is 0 Å². The van der Waals surface area contributed by atoms with Crippen LogP contribution in [0.15, 0.2) is 96.3 Å². The van der Waals surface area contributed by atoms with Crippen molar-refractivity contribution in [2.24, 2.45) is 0 Å². The zero-order chi connectivity index (χ0) is 23.1. The second-order valence-corrected chi connectivity index (χ2v) is 6.68. The maximum atomic E-state index is 12.6. The lowest BCUT2D eigenvalue weighted by molar-refractivity contribution is -0.137. The van der Waals surface area contributed by atoms with Crippen LogP contribution < -0.4 is 10.3 Å². The van der Waals surface area contributed by atoms with Crippen LogP contribution in [0.3, 0.4) is 0 Å². The molecule has 0 aliphatic carbocycles. The second kappa shape index (κ2) is 9.71. The first kappa shape index (κ1) is 22.4. The van der Waals surface area contributed by atoms with Gasteiger partial charge in [0.05, 0.1) is 11.5 Å². The summed E-state index contributed by atoms with van der Waals surface area (Å²) in [7, 11) is 0. The molecule has 3 aromatic rings. The highest BCUT2D eigenvalue weighted by molar-refractivity contribution is 5.97. The van der Waals surface area contributed by atoms with E-state index < -0.39 is 34.9 Å². The average Bonchev–Trinajstić information content (AvgIpc) is 2.79. The Bertz CT molecular complexity index is 1100. The molecule has 0 atom stereocenters. The molecule has 0 fully saturated rings. The maximum Gasteiger partial charge on any atom is 0.416 e. The van der Waals surface area contributed by atoms with Crippen LogP contribution in [0.25, 0.3) is 0 Å². The third-order valence-electron chi connectivity index (χ3n) is 4.58. The molecular weight excluding hydrogens is 421 g/mol. The van der Waals surface area contributed by atoms with Gasteiger partial charge >= 0.3 is 6.18 Å². The molecule has 1 amide bonds. The van der Waals surface area contributed by atoms with Gasteiger partial charge in [-0.3, -0.25) is 4.79 Å². The van der Waals surface area contributed by atoms with E-state index >= 15 is 0 Å². The maximum absolute atomic E-state index is 12.6. The minimum absolute atomic E-state index is 0.0780. The van der Waals surface area contributed by atoms with Crippen LogP contribution in [-0.2, 0) is 11.0 Å². The average molecular weight is 438 g/mol. The number of hydrogen-bond donors (Lipinski definition) is 2. The highest BCUT2D eigenvalue weighted by Gasteiger charge is 2.30. The van der Waals surface area contributed by atoms with Crippen LogP contribution >= 0.6 is 0 Å². The lowest BCUT2D eigenvalue weighted by Gasteiger charge is -2.19. The quantitative estimate of drug-likeness (QED) is 0.237. The number of allylic oxidation sites excluding steroid dienone is 1. The topological polar surface area (TPSA) is 82.4 Å². The van der Waals surface area contributed by atoms with Crippen LogP contribution in [0.1, 0.15) is 22.6 Å². The van der Waals surface area contributed by atoms with E-state index in [-0.39, 0.29) is 5.75 Å². The molecule has 0 aromatic heterocycles. The molecule has 32 heavy (non-hydrogen) atoms. The van der Waals surface area contributed by atoms with E-state index in [9.17, 15) is 28.3 Å². The number of nitrogens with one attached hydrogen (secondary N) is 1. The predicted molar refractivity (Wildman–Crippen MR) is 110 cm³/mol. The van der Waals surface area contributed by atoms with Gasteiger partial charge in [-0.05, 0) is 35.4 Å². The van der Waals surface area contributed by atoms with E-state index in [1.807, 2.05) is 5.48 Å². The molecule has 0 saturated carbocycles. The first-order valence-electron chi connectivity index (χ1n) is 9.39. The number of aliphatic hydroxyl groups is 1. The third-order valence-corrected chi connectivity index (χ3v) is 4.58. The van der Waals surface area contributed by atoms with Crippen molar-refractivity contribution >= 4 is 5.91 Å². The number of alkyl halides is 3. The summed E-state index contributed by atoms with van der Waals surface area (Å²) in [6, 6.07) is 22.9. The van der Waals surface area contributed by atoms with Gasteiger partial charge in [-0.15, -0.1) is 0 Å². The van der Waals surface area contributed by atoms with Gasteiger partial charge in [-0.2, -0.15) is 23.9 Å². The molecule has 0 spiro atoms. The van der Waals surface area contributed by atoms with Crippen molar-refractivity contribution in [3.63, 3.8) is 0 Å². The summed E-state index contributed by atoms with van der Waals surface area (Å²) in [4.78, 5) is 17.5. The second-order valence-electron chi connectivity index (χ2n) is 6.68. The number of amides is 1. The van der Waals surface area contributed by atoms with Crippen molar-refractivity contribution in [3.05, 3.63) is 113 Å². The lowest BCUT2D eigenvalue weighted by Crippen LogP contribution is -2.29. The van der Waals surface area contributed by atoms with Gasteiger partial charge < -0.3 is 9.94 Å².